The lowest BCUT2D eigenvalue weighted by atomic mass is 9.78. The highest BCUT2D eigenvalue weighted by Gasteiger charge is 2.42. The molecule has 0 radical (unpaired) electrons. The van der Waals surface area contributed by atoms with E-state index in [1.165, 1.54) is 0 Å². The average Bonchev–Trinajstić information content (AvgIpc) is 3.33. The minimum Gasteiger partial charge on any atom is -0.381 e. The monoisotopic (exact) mass is 373 g/mol. The summed E-state index contributed by atoms with van der Waals surface area (Å²) < 4.78 is 7.37. The molecule has 0 spiro atoms. The number of hydrogen-bond donors (Lipinski definition) is 1. The Kier molecular flexibility index (Phi) is 5.00. The van der Waals surface area contributed by atoms with Gasteiger partial charge in [-0.05, 0) is 43.4 Å². The summed E-state index contributed by atoms with van der Waals surface area (Å²) in [6.07, 6.45) is 9.49. The average molecular weight is 374 g/mol. The van der Waals surface area contributed by atoms with Crippen LogP contribution in [0.25, 0.3) is 0 Å². The van der Waals surface area contributed by atoms with E-state index in [0.717, 1.165) is 63.0 Å². The minimum atomic E-state index is -0.467. The highest BCUT2D eigenvalue weighted by molar-refractivity contribution is 6.30. The van der Waals surface area contributed by atoms with Gasteiger partial charge in [0.05, 0.1) is 23.3 Å². The van der Waals surface area contributed by atoms with Gasteiger partial charge in [-0.25, -0.2) is 0 Å². The number of ether oxygens (including phenoxy) is 1. The molecule has 0 atom stereocenters. The zero-order chi connectivity index (χ0) is 18.0. The number of amides is 1. The number of nitrogens with zero attached hydrogens (tertiary/aromatic N) is 2. The molecule has 26 heavy (non-hydrogen) atoms. The summed E-state index contributed by atoms with van der Waals surface area (Å²) in [4.78, 5) is 13.2. The first-order valence-corrected chi connectivity index (χ1v) is 9.75. The van der Waals surface area contributed by atoms with Crippen LogP contribution >= 0.6 is 11.6 Å². The molecular formula is C20H24ClN3O2. The Hall–Kier alpha value is -1.85. The number of anilines is 1. The van der Waals surface area contributed by atoms with Crippen molar-refractivity contribution < 1.29 is 9.53 Å². The molecular weight excluding hydrogens is 350 g/mol. The Balaban J connectivity index is 1.52. The van der Waals surface area contributed by atoms with Gasteiger partial charge in [-0.3, -0.25) is 9.48 Å². The lowest BCUT2D eigenvalue weighted by Crippen LogP contribution is -2.37. The van der Waals surface area contributed by atoms with Crippen LogP contribution in [0.3, 0.4) is 0 Å². The molecule has 1 aliphatic heterocycles. The Morgan fingerprint density at radius 3 is 2.58 bits per heavy atom. The van der Waals surface area contributed by atoms with Crippen LogP contribution in [0.1, 0.15) is 50.1 Å². The lowest BCUT2D eigenvalue weighted by molar-refractivity contribution is -0.121. The summed E-state index contributed by atoms with van der Waals surface area (Å²) in [7, 11) is 0. The number of aromatic nitrogens is 2. The molecule has 0 bridgehead atoms. The van der Waals surface area contributed by atoms with Gasteiger partial charge in [0.1, 0.15) is 0 Å². The standard InChI is InChI=1S/C20H24ClN3O2/c21-16-5-3-15(4-6-16)20(9-1-2-10-20)19(25)23-17-13-22-24(14-17)18-7-11-26-12-8-18/h3-6,13-14,18H,1-2,7-12H2,(H,23,25). The predicted octanol–water partition coefficient (Wildman–Crippen LogP) is 4.34. The van der Waals surface area contributed by atoms with Crippen molar-refractivity contribution in [3.05, 3.63) is 47.2 Å². The Bertz CT molecular complexity index is 760. The maximum absolute atomic E-state index is 13.2. The second-order valence-electron chi connectivity index (χ2n) is 7.30. The van der Waals surface area contributed by atoms with Gasteiger partial charge >= 0.3 is 0 Å². The third-order valence-electron chi connectivity index (χ3n) is 5.71. The van der Waals surface area contributed by atoms with Gasteiger partial charge in [-0.15, -0.1) is 0 Å². The van der Waals surface area contributed by atoms with Gasteiger partial charge in [-0.1, -0.05) is 36.6 Å². The van der Waals surface area contributed by atoms with Gasteiger partial charge in [-0.2, -0.15) is 5.10 Å². The normalized spacial score (nSPS) is 20.2. The first kappa shape index (κ1) is 17.6. The highest BCUT2D eigenvalue weighted by atomic mass is 35.5. The third kappa shape index (κ3) is 3.38. The maximum Gasteiger partial charge on any atom is 0.235 e. The molecule has 2 heterocycles. The number of nitrogens with one attached hydrogen (secondary N) is 1. The number of carbonyl (C=O) groups excluding carboxylic acids is 1. The second kappa shape index (κ2) is 7.41. The van der Waals surface area contributed by atoms with E-state index in [1.54, 1.807) is 6.20 Å². The zero-order valence-electron chi connectivity index (χ0n) is 14.8. The van der Waals surface area contributed by atoms with E-state index in [4.69, 9.17) is 16.3 Å². The predicted molar refractivity (Wildman–Crippen MR) is 102 cm³/mol. The Morgan fingerprint density at radius 1 is 1.19 bits per heavy atom. The first-order valence-electron chi connectivity index (χ1n) is 9.37. The molecule has 1 aliphatic carbocycles. The lowest BCUT2D eigenvalue weighted by Gasteiger charge is -2.28. The van der Waals surface area contributed by atoms with Crippen LogP contribution in [0.4, 0.5) is 5.69 Å². The molecule has 4 rings (SSSR count). The summed E-state index contributed by atoms with van der Waals surface area (Å²) in [5, 5.41) is 8.26. The highest BCUT2D eigenvalue weighted by Crippen LogP contribution is 2.42. The van der Waals surface area contributed by atoms with Crippen molar-refractivity contribution in [3.63, 3.8) is 0 Å². The molecule has 1 aromatic carbocycles. The van der Waals surface area contributed by atoms with Crippen LogP contribution in [-0.4, -0.2) is 28.9 Å². The van der Waals surface area contributed by atoms with Crippen molar-refractivity contribution in [3.8, 4) is 0 Å². The molecule has 1 saturated heterocycles. The van der Waals surface area contributed by atoms with E-state index in [-0.39, 0.29) is 5.91 Å². The topological polar surface area (TPSA) is 56.2 Å². The van der Waals surface area contributed by atoms with E-state index in [1.807, 2.05) is 35.1 Å². The van der Waals surface area contributed by atoms with Crippen molar-refractivity contribution in [2.45, 2.75) is 50.0 Å². The molecule has 1 N–H and O–H groups in total. The Labute approximate surface area is 158 Å². The number of halogens is 1. The van der Waals surface area contributed by atoms with Crippen LogP contribution in [-0.2, 0) is 14.9 Å². The minimum absolute atomic E-state index is 0.0591. The second-order valence-corrected chi connectivity index (χ2v) is 7.74. The molecule has 0 unspecified atom stereocenters. The van der Waals surface area contributed by atoms with E-state index in [2.05, 4.69) is 10.4 Å². The summed E-state index contributed by atoms with van der Waals surface area (Å²) in [6.45, 7) is 1.54. The summed E-state index contributed by atoms with van der Waals surface area (Å²) in [5.74, 6) is 0.0591. The van der Waals surface area contributed by atoms with Crippen LogP contribution in [0.15, 0.2) is 36.7 Å². The first-order chi connectivity index (χ1) is 12.7. The number of hydrogen-bond acceptors (Lipinski definition) is 3. The zero-order valence-corrected chi connectivity index (χ0v) is 15.5. The molecule has 2 aromatic rings. The number of benzene rings is 1. The molecule has 1 aromatic heterocycles. The van der Waals surface area contributed by atoms with Crippen molar-refractivity contribution in [1.29, 1.82) is 0 Å². The van der Waals surface area contributed by atoms with E-state index in [0.29, 0.717) is 11.1 Å². The maximum atomic E-state index is 13.2. The SMILES string of the molecule is O=C(Nc1cnn(C2CCOCC2)c1)C1(c2ccc(Cl)cc2)CCCC1. The molecule has 138 valence electrons. The third-order valence-corrected chi connectivity index (χ3v) is 5.96. The van der Waals surface area contributed by atoms with Crippen LogP contribution in [0, 0.1) is 0 Å². The number of rotatable bonds is 4. The van der Waals surface area contributed by atoms with Gasteiger partial charge in [0.25, 0.3) is 0 Å². The molecule has 2 fully saturated rings. The summed E-state index contributed by atoms with van der Waals surface area (Å²) in [5.41, 5.74) is 1.35. The van der Waals surface area contributed by atoms with Gasteiger partial charge in [0.2, 0.25) is 5.91 Å². The fraction of sp³-hybridized carbons (Fsp3) is 0.500. The van der Waals surface area contributed by atoms with Crippen molar-refractivity contribution in [1.82, 2.24) is 9.78 Å². The quantitative estimate of drug-likeness (QED) is 0.867. The van der Waals surface area contributed by atoms with Crippen molar-refractivity contribution in [2.75, 3.05) is 18.5 Å². The Morgan fingerprint density at radius 2 is 1.88 bits per heavy atom. The summed E-state index contributed by atoms with van der Waals surface area (Å²) >= 11 is 6.03. The largest absolute Gasteiger partial charge is 0.381 e. The fourth-order valence-corrected chi connectivity index (χ4v) is 4.32. The van der Waals surface area contributed by atoms with Crippen LogP contribution < -0.4 is 5.32 Å². The molecule has 2 aliphatic rings. The van der Waals surface area contributed by atoms with E-state index in [9.17, 15) is 4.79 Å². The van der Waals surface area contributed by atoms with Gasteiger partial charge in [0.15, 0.2) is 0 Å². The molecule has 1 saturated carbocycles. The van der Waals surface area contributed by atoms with E-state index >= 15 is 0 Å². The van der Waals surface area contributed by atoms with Crippen molar-refractivity contribution >= 4 is 23.2 Å². The van der Waals surface area contributed by atoms with Crippen LogP contribution in [0.5, 0.6) is 0 Å². The molecule has 6 heteroatoms. The van der Waals surface area contributed by atoms with E-state index < -0.39 is 5.41 Å². The van der Waals surface area contributed by atoms with Gasteiger partial charge < -0.3 is 10.1 Å². The molecule has 1 amide bonds. The number of carbonyl (C=O) groups is 1. The van der Waals surface area contributed by atoms with Crippen molar-refractivity contribution in [2.24, 2.45) is 0 Å². The van der Waals surface area contributed by atoms with Gasteiger partial charge in [0, 0.05) is 24.4 Å². The fourth-order valence-electron chi connectivity index (χ4n) is 4.20. The molecule has 5 nitrogen and oxygen atoms in total. The van der Waals surface area contributed by atoms with Crippen LogP contribution in [0.2, 0.25) is 5.02 Å². The smallest absolute Gasteiger partial charge is 0.235 e. The summed E-state index contributed by atoms with van der Waals surface area (Å²) in [6, 6.07) is 8.06.